The molecule has 1 aliphatic rings. The SMILES string of the molecule is COCC1CCC(c2cccc(C(F)(F)F)c2)N1. The van der Waals surface area contributed by atoms with Crippen molar-refractivity contribution in [1.82, 2.24) is 5.32 Å². The predicted molar refractivity (Wildman–Crippen MR) is 62.2 cm³/mol. The molecule has 0 spiro atoms. The number of rotatable bonds is 3. The number of methoxy groups -OCH3 is 1. The third-order valence-corrected chi connectivity index (χ3v) is 3.22. The minimum absolute atomic E-state index is 0.00699. The minimum Gasteiger partial charge on any atom is -0.383 e. The van der Waals surface area contributed by atoms with Crippen LogP contribution in [0.2, 0.25) is 0 Å². The van der Waals surface area contributed by atoms with Crippen LogP contribution in [0.3, 0.4) is 0 Å². The Bertz CT molecular complexity index is 405. The molecule has 18 heavy (non-hydrogen) atoms. The quantitative estimate of drug-likeness (QED) is 0.900. The summed E-state index contributed by atoms with van der Waals surface area (Å²) < 4.78 is 42.9. The van der Waals surface area contributed by atoms with Crippen molar-refractivity contribution in [3.63, 3.8) is 0 Å². The fourth-order valence-electron chi connectivity index (χ4n) is 2.35. The van der Waals surface area contributed by atoms with Crippen molar-refractivity contribution in [2.24, 2.45) is 0 Å². The average Bonchev–Trinajstić information content (AvgIpc) is 2.77. The average molecular weight is 259 g/mol. The highest BCUT2D eigenvalue weighted by Gasteiger charge is 2.32. The van der Waals surface area contributed by atoms with Gasteiger partial charge in [0.25, 0.3) is 0 Å². The summed E-state index contributed by atoms with van der Waals surface area (Å²) in [6, 6.07) is 5.76. The van der Waals surface area contributed by atoms with Gasteiger partial charge in [0.15, 0.2) is 0 Å². The monoisotopic (exact) mass is 259 g/mol. The maximum Gasteiger partial charge on any atom is 0.416 e. The van der Waals surface area contributed by atoms with Crippen LogP contribution >= 0.6 is 0 Å². The number of hydrogen-bond donors (Lipinski definition) is 1. The van der Waals surface area contributed by atoms with Crippen molar-refractivity contribution < 1.29 is 17.9 Å². The van der Waals surface area contributed by atoms with Gasteiger partial charge in [0, 0.05) is 19.2 Å². The first-order valence-electron chi connectivity index (χ1n) is 5.93. The molecule has 100 valence electrons. The molecule has 1 aliphatic heterocycles. The highest BCUT2D eigenvalue weighted by atomic mass is 19.4. The first-order chi connectivity index (χ1) is 8.50. The van der Waals surface area contributed by atoms with E-state index in [4.69, 9.17) is 4.74 Å². The van der Waals surface area contributed by atoms with Crippen LogP contribution in [0.5, 0.6) is 0 Å². The van der Waals surface area contributed by atoms with Gasteiger partial charge in [0.1, 0.15) is 0 Å². The van der Waals surface area contributed by atoms with Gasteiger partial charge < -0.3 is 10.1 Å². The lowest BCUT2D eigenvalue weighted by Crippen LogP contribution is -2.28. The van der Waals surface area contributed by atoms with Crippen molar-refractivity contribution in [2.75, 3.05) is 13.7 Å². The Morgan fingerprint density at radius 3 is 2.78 bits per heavy atom. The summed E-state index contributed by atoms with van der Waals surface area (Å²) in [5.41, 5.74) is 0.111. The van der Waals surface area contributed by atoms with E-state index in [1.165, 1.54) is 12.1 Å². The summed E-state index contributed by atoms with van der Waals surface area (Å²) in [7, 11) is 1.62. The maximum absolute atomic E-state index is 12.6. The van der Waals surface area contributed by atoms with E-state index in [1.807, 2.05) is 0 Å². The van der Waals surface area contributed by atoms with Crippen molar-refractivity contribution >= 4 is 0 Å². The number of ether oxygens (including phenoxy) is 1. The molecule has 1 saturated heterocycles. The molecular weight excluding hydrogens is 243 g/mol. The Morgan fingerprint density at radius 1 is 1.33 bits per heavy atom. The second-order valence-electron chi connectivity index (χ2n) is 4.57. The van der Waals surface area contributed by atoms with Crippen LogP contribution in [0.25, 0.3) is 0 Å². The molecule has 1 heterocycles. The van der Waals surface area contributed by atoms with E-state index in [2.05, 4.69) is 5.32 Å². The van der Waals surface area contributed by atoms with E-state index in [0.29, 0.717) is 12.2 Å². The van der Waals surface area contributed by atoms with E-state index >= 15 is 0 Å². The zero-order valence-electron chi connectivity index (χ0n) is 10.1. The largest absolute Gasteiger partial charge is 0.416 e. The van der Waals surface area contributed by atoms with Gasteiger partial charge >= 0.3 is 6.18 Å². The second kappa shape index (κ2) is 5.28. The van der Waals surface area contributed by atoms with E-state index in [-0.39, 0.29) is 12.1 Å². The molecule has 0 amide bonds. The minimum atomic E-state index is -4.28. The van der Waals surface area contributed by atoms with Crippen molar-refractivity contribution in [1.29, 1.82) is 0 Å². The Morgan fingerprint density at radius 2 is 2.11 bits per heavy atom. The molecule has 2 nitrogen and oxygen atoms in total. The van der Waals surface area contributed by atoms with Crippen LogP contribution in [0, 0.1) is 0 Å². The van der Waals surface area contributed by atoms with Gasteiger partial charge in [-0.3, -0.25) is 0 Å². The number of hydrogen-bond acceptors (Lipinski definition) is 2. The third kappa shape index (κ3) is 3.03. The lowest BCUT2D eigenvalue weighted by molar-refractivity contribution is -0.137. The highest BCUT2D eigenvalue weighted by Crippen LogP contribution is 2.33. The molecule has 2 atom stereocenters. The summed E-state index contributed by atoms with van der Waals surface area (Å²) >= 11 is 0. The molecule has 1 fully saturated rings. The molecular formula is C13H16F3NO. The molecule has 0 saturated carbocycles. The van der Waals surface area contributed by atoms with Gasteiger partial charge in [-0.25, -0.2) is 0 Å². The molecule has 2 unspecified atom stereocenters. The molecule has 0 radical (unpaired) electrons. The van der Waals surface area contributed by atoms with Crippen LogP contribution in [-0.4, -0.2) is 19.8 Å². The third-order valence-electron chi connectivity index (χ3n) is 3.22. The molecule has 2 rings (SSSR count). The van der Waals surface area contributed by atoms with Gasteiger partial charge in [-0.1, -0.05) is 12.1 Å². The van der Waals surface area contributed by atoms with Crippen molar-refractivity contribution in [3.05, 3.63) is 35.4 Å². The summed E-state index contributed by atoms with van der Waals surface area (Å²) in [6.45, 7) is 0.593. The zero-order chi connectivity index (χ0) is 13.2. The summed E-state index contributed by atoms with van der Waals surface area (Å²) in [5.74, 6) is 0. The van der Waals surface area contributed by atoms with Crippen molar-refractivity contribution in [2.45, 2.75) is 31.1 Å². The molecule has 0 bridgehead atoms. The number of nitrogens with one attached hydrogen (secondary N) is 1. The molecule has 5 heteroatoms. The van der Waals surface area contributed by atoms with Crippen LogP contribution < -0.4 is 5.32 Å². The van der Waals surface area contributed by atoms with Gasteiger partial charge in [0.2, 0.25) is 0 Å². The molecule has 0 aromatic heterocycles. The molecule has 1 N–H and O–H groups in total. The summed E-state index contributed by atoms with van der Waals surface area (Å²) in [4.78, 5) is 0. The standard InChI is InChI=1S/C13H16F3NO/c1-18-8-11-5-6-12(17-11)9-3-2-4-10(7-9)13(14,15)16/h2-4,7,11-12,17H,5-6,8H2,1H3. The number of benzene rings is 1. The van der Waals surface area contributed by atoms with Gasteiger partial charge in [-0.2, -0.15) is 13.2 Å². The van der Waals surface area contributed by atoms with Gasteiger partial charge in [-0.15, -0.1) is 0 Å². The normalized spacial score (nSPS) is 24.4. The van der Waals surface area contributed by atoms with Gasteiger partial charge in [-0.05, 0) is 30.5 Å². The lowest BCUT2D eigenvalue weighted by atomic mass is 10.0. The number of halogens is 3. The Kier molecular flexibility index (Phi) is 3.92. The molecule has 1 aromatic carbocycles. The van der Waals surface area contributed by atoms with Crippen molar-refractivity contribution in [3.8, 4) is 0 Å². The van der Waals surface area contributed by atoms with Crippen LogP contribution in [0.15, 0.2) is 24.3 Å². The Balaban J connectivity index is 2.10. The highest BCUT2D eigenvalue weighted by molar-refractivity contribution is 5.28. The molecule has 1 aromatic rings. The first-order valence-corrected chi connectivity index (χ1v) is 5.93. The van der Waals surface area contributed by atoms with Gasteiger partial charge in [0.05, 0.1) is 12.2 Å². The lowest BCUT2D eigenvalue weighted by Gasteiger charge is -2.15. The predicted octanol–water partition coefficient (Wildman–Crippen LogP) is 3.14. The first kappa shape index (κ1) is 13.4. The second-order valence-corrected chi connectivity index (χ2v) is 4.57. The van der Waals surface area contributed by atoms with E-state index in [0.717, 1.165) is 18.9 Å². The number of alkyl halides is 3. The van der Waals surface area contributed by atoms with E-state index < -0.39 is 11.7 Å². The Labute approximate surface area is 104 Å². The molecule has 0 aliphatic carbocycles. The Hall–Kier alpha value is -1.07. The van der Waals surface area contributed by atoms with Crippen LogP contribution in [-0.2, 0) is 10.9 Å². The topological polar surface area (TPSA) is 21.3 Å². The maximum atomic E-state index is 12.6. The van der Waals surface area contributed by atoms with Crippen LogP contribution in [0.1, 0.15) is 30.0 Å². The smallest absolute Gasteiger partial charge is 0.383 e. The summed E-state index contributed by atoms with van der Waals surface area (Å²) in [5, 5.41) is 3.29. The van der Waals surface area contributed by atoms with E-state index in [9.17, 15) is 13.2 Å². The zero-order valence-corrected chi connectivity index (χ0v) is 10.1. The fraction of sp³-hybridized carbons (Fsp3) is 0.538. The fourth-order valence-corrected chi connectivity index (χ4v) is 2.35. The van der Waals surface area contributed by atoms with E-state index in [1.54, 1.807) is 13.2 Å². The summed E-state index contributed by atoms with van der Waals surface area (Å²) in [6.07, 6.45) is -2.51. The van der Waals surface area contributed by atoms with Crippen LogP contribution in [0.4, 0.5) is 13.2 Å².